The van der Waals surface area contributed by atoms with Crippen LogP contribution in [0, 0.1) is 6.92 Å². The predicted octanol–water partition coefficient (Wildman–Crippen LogP) is 3.46. The number of anilines is 1. The molecular weight excluding hydrogens is 564 g/mol. The van der Waals surface area contributed by atoms with E-state index < -0.39 is 26.7 Å². The first-order chi connectivity index (χ1) is 17.5. The Kier molecular flexibility index (Phi) is 9.43. The minimum Gasteiger partial charge on any atom is -0.870 e. The molecular formula is C25H18Cl2N3NaO6S. The number of halogens is 2. The fraction of sp³-hybridized carbons (Fsp3) is 0.0800. The van der Waals surface area contributed by atoms with Gasteiger partial charge in [-0.2, -0.15) is 18.6 Å². The van der Waals surface area contributed by atoms with E-state index in [1.807, 2.05) is 0 Å². The van der Waals surface area contributed by atoms with Gasteiger partial charge in [0.1, 0.15) is 15.7 Å². The third-order valence-electron chi connectivity index (χ3n) is 5.44. The topological polar surface area (TPSA) is 140 Å². The Labute approximate surface area is 250 Å². The number of methoxy groups -OCH3 is 1. The molecule has 13 heteroatoms. The number of ether oxygens (including phenoxy) is 1. The van der Waals surface area contributed by atoms with Crippen LogP contribution in [0.15, 0.2) is 75.8 Å². The molecule has 0 radical (unpaired) electrons. The predicted molar refractivity (Wildman–Crippen MR) is 140 cm³/mol. The van der Waals surface area contributed by atoms with E-state index in [1.54, 1.807) is 49.4 Å². The largest absolute Gasteiger partial charge is 1.00 e. The molecule has 0 saturated carbocycles. The number of carbonyl (C=O) groups excluding carboxylic acids is 1. The van der Waals surface area contributed by atoms with Gasteiger partial charge < -0.3 is 15.2 Å². The Morgan fingerprint density at radius 2 is 1.76 bits per heavy atom. The minimum absolute atomic E-state index is 0. The van der Waals surface area contributed by atoms with Crippen molar-refractivity contribution >= 4 is 67.1 Å². The molecule has 0 aliphatic carbocycles. The number of fused-ring (bicyclic) bond motifs is 1. The average Bonchev–Trinajstić information content (AvgIpc) is 2.84. The van der Waals surface area contributed by atoms with Gasteiger partial charge in [-0.15, -0.1) is 0 Å². The first kappa shape index (κ1) is 29.9. The number of amides is 1. The maximum atomic E-state index is 13.4. The second kappa shape index (κ2) is 12.0. The third-order valence-corrected chi connectivity index (χ3v) is 7.15. The molecule has 4 rings (SSSR count). The van der Waals surface area contributed by atoms with Crippen LogP contribution in [0.4, 0.5) is 17.1 Å². The van der Waals surface area contributed by atoms with Crippen LogP contribution in [0.2, 0.25) is 10.0 Å². The monoisotopic (exact) mass is 581 g/mol. The fourth-order valence-corrected chi connectivity index (χ4v) is 4.91. The maximum Gasteiger partial charge on any atom is 1.00 e. The van der Waals surface area contributed by atoms with Gasteiger partial charge in [0.15, 0.2) is 0 Å². The molecule has 4 aromatic rings. The summed E-state index contributed by atoms with van der Waals surface area (Å²) in [7, 11) is -3.19. The van der Waals surface area contributed by atoms with Crippen LogP contribution in [-0.4, -0.2) is 26.0 Å². The summed E-state index contributed by atoms with van der Waals surface area (Å²) < 4.78 is 37.9. The van der Waals surface area contributed by atoms with Crippen molar-refractivity contribution in [2.24, 2.45) is 10.2 Å². The van der Waals surface area contributed by atoms with Gasteiger partial charge >= 0.3 is 29.6 Å². The van der Waals surface area contributed by atoms with Crippen molar-refractivity contribution in [1.82, 2.24) is 0 Å². The van der Waals surface area contributed by atoms with Crippen molar-refractivity contribution < 1.29 is 57.2 Å². The van der Waals surface area contributed by atoms with Crippen LogP contribution in [0.1, 0.15) is 15.9 Å². The van der Waals surface area contributed by atoms with E-state index >= 15 is 0 Å². The number of carbonyl (C=O) groups is 1. The van der Waals surface area contributed by atoms with Gasteiger partial charge in [-0.25, -0.2) is 0 Å². The van der Waals surface area contributed by atoms with E-state index in [4.69, 9.17) is 27.9 Å². The zero-order valence-electron chi connectivity index (χ0n) is 20.3. The molecule has 0 bridgehead atoms. The molecule has 0 unspecified atom stereocenters. The van der Waals surface area contributed by atoms with Gasteiger partial charge in [0, 0.05) is 10.9 Å². The van der Waals surface area contributed by atoms with Gasteiger partial charge in [0.25, 0.3) is 16.0 Å². The molecule has 1 amide bonds. The molecule has 0 heterocycles. The van der Waals surface area contributed by atoms with Crippen LogP contribution < -0.4 is 44.7 Å². The second-order valence-electron chi connectivity index (χ2n) is 7.84. The van der Waals surface area contributed by atoms with Crippen molar-refractivity contribution in [2.45, 2.75) is 11.8 Å². The molecule has 0 aromatic heterocycles. The Balaban J connectivity index is 0.00000400. The molecule has 0 spiro atoms. The Hall–Kier alpha value is -2.70. The Bertz CT molecular complexity index is 1700. The molecule has 9 nitrogen and oxygen atoms in total. The SMILES string of the molecule is COc1cccc(NC(=O)c2cc3ccccc3c(N=Nc3cc(S(=O)(=O)O)c(Cl)cc3C)c2[O-])c1Cl.[Na+]. The minimum atomic E-state index is -4.62. The van der Waals surface area contributed by atoms with E-state index in [2.05, 4.69) is 15.5 Å². The van der Waals surface area contributed by atoms with Gasteiger partial charge in [-0.05, 0) is 48.2 Å². The van der Waals surface area contributed by atoms with Crippen LogP contribution in [-0.2, 0) is 10.1 Å². The summed E-state index contributed by atoms with van der Waals surface area (Å²) in [6.45, 7) is 1.60. The zero-order chi connectivity index (χ0) is 26.9. The summed E-state index contributed by atoms with van der Waals surface area (Å²) in [6, 6.07) is 15.4. The van der Waals surface area contributed by atoms with Crippen LogP contribution in [0.5, 0.6) is 11.5 Å². The molecule has 0 atom stereocenters. The Morgan fingerprint density at radius 1 is 1.05 bits per heavy atom. The smallest absolute Gasteiger partial charge is 0.870 e. The summed E-state index contributed by atoms with van der Waals surface area (Å²) in [6.07, 6.45) is 0. The molecule has 0 aliphatic heterocycles. The zero-order valence-corrected chi connectivity index (χ0v) is 24.6. The van der Waals surface area contributed by atoms with Crippen LogP contribution in [0.25, 0.3) is 10.8 Å². The van der Waals surface area contributed by atoms with Crippen molar-refractivity contribution in [2.75, 3.05) is 12.4 Å². The van der Waals surface area contributed by atoms with Crippen molar-refractivity contribution in [3.05, 3.63) is 81.8 Å². The molecule has 0 saturated heterocycles. The van der Waals surface area contributed by atoms with Crippen molar-refractivity contribution in [3.8, 4) is 11.5 Å². The number of benzene rings is 4. The third kappa shape index (κ3) is 6.13. The molecule has 38 heavy (non-hydrogen) atoms. The second-order valence-corrected chi connectivity index (χ2v) is 10.0. The molecule has 190 valence electrons. The molecule has 0 fully saturated rings. The van der Waals surface area contributed by atoms with E-state index in [1.165, 1.54) is 19.2 Å². The average molecular weight is 582 g/mol. The van der Waals surface area contributed by atoms with E-state index in [-0.39, 0.29) is 62.2 Å². The van der Waals surface area contributed by atoms with Gasteiger partial charge in [-0.3, -0.25) is 9.35 Å². The number of hydrogen-bond donors (Lipinski definition) is 2. The van der Waals surface area contributed by atoms with Gasteiger partial charge in [0.2, 0.25) is 0 Å². The van der Waals surface area contributed by atoms with Gasteiger partial charge in [-0.1, -0.05) is 59.3 Å². The standard InChI is InChI=1S/C25H19Cl2N3O6S.Na/c1-13-10-17(26)21(37(33,34)35)12-19(13)29-30-23-15-7-4-3-6-14(15)11-16(24(23)31)25(32)28-18-8-5-9-20(36-2)22(18)27;/h3-12,31H,1-2H3,(H,28,32)(H,33,34,35);/q;+1/p-1. The first-order valence-electron chi connectivity index (χ1n) is 10.6. The van der Waals surface area contributed by atoms with Crippen molar-refractivity contribution in [1.29, 1.82) is 0 Å². The number of nitrogens with one attached hydrogen (secondary N) is 1. The molecule has 0 aliphatic rings. The summed E-state index contributed by atoms with van der Waals surface area (Å²) in [5.74, 6) is -1.09. The number of rotatable bonds is 6. The normalized spacial score (nSPS) is 11.4. The van der Waals surface area contributed by atoms with Crippen LogP contribution in [0.3, 0.4) is 0 Å². The number of nitrogens with zero attached hydrogens (tertiary/aromatic N) is 2. The molecule has 2 N–H and O–H groups in total. The fourth-order valence-electron chi connectivity index (χ4n) is 3.58. The first-order valence-corrected chi connectivity index (χ1v) is 12.8. The quantitative estimate of drug-likeness (QED) is 0.203. The Morgan fingerprint density at radius 3 is 2.45 bits per heavy atom. The van der Waals surface area contributed by atoms with Gasteiger partial charge in [0.05, 0.1) is 29.2 Å². The summed E-state index contributed by atoms with van der Waals surface area (Å²) >= 11 is 12.2. The van der Waals surface area contributed by atoms with Crippen LogP contribution >= 0.6 is 23.2 Å². The van der Waals surface area contributed by atoms with E-state index in [9.17, 15) is 22.9 Å². The summed E-state index contributed by atoms with van der Waals surface area (Å²) in [5, 5.41) is 25.1. The number of azo groups is 1. The number of aryl methyl sites for hydroxylation is 1. The van der Waals surface area contributed by atoms with E-state index in [0.29, 0.717) is 22.1 Å². The summed E-state index contributed by atoms with van der Waals surface area (Å²) in [4.78, 5) is 12.6. The van der Waals surface area contributed by atoms with E-state index in [0.717, 1.165) is 6.07 Å². The summed E-state index contributed by atoms with van der Waals surface area (Å²) in [5.41, 5.74) is 0.398. The number of hydrogen-bond acceptors (Lipinski definition) is 7. The maximum absolute atomic E-state index is 13.4. The van der Waals surface area contributed by atoms with Crippen molar-refractivity contribution in [3.63, 3.8) is 0 Å². The molecule has 4 aromatic carbocycles.